The summed E-state index contributed by atoms with van der Waals surface area (Å²) in [7, 11) is 0. The number of carbonyl (C=O) groups is 1. The van der Waals surface area contributed by atoms with Crippen LogP contribution < -0.4 is 5.32 Å². The van der Waals surface area contributed by atoms with E-state index in [2.05, 4.69) is 5.32 Å². The van der Waals surface area contributed by atoms with Crippen LogP contribution in [0, 0.1) is 11.3 Å². The molecule has 2 rings (SSSR count). The molecule has 0 atom stereocenters. The number of halogens is 2. The molecule has 0 radical (unpaired) electrons. The van der Waals surface area contributed by atoms with Gasteiger partial charge in [0.2, 0.25) is 0 Å². The first-order valence-electron chi connectivity index (χ1n) is 6.10. The van der Waals surface area contributed by atoms with Gasteiger partial charge in [0, 0.05) is 15.5 Å². The van der Waals surface area contributed by atoms with Gasteiger partial charge >= 0.3 is 0 Å². The molecule has 1 aromatic heterocycles. The minimum absolute atomic E-state index is 0.0199. The quantitative estimate of drug-likeness (QED) is 0.493. The van der Waals surface area contributed by atoms with Crippen molar-refractivity contribution in [3.63, 3.8) is 0 Å². The van der Waals surface area contributed by atoms with E-state index >= 15 is 0 Å². The van der Waals surface area contributed by atoms with Gasteiger partial charge in [-0.1, -0.05) is 17.8 Å². The number of anilines is 1. The predicted octanol–water partition coefficient (Wildman–Crippen LogP) is 4.61. The van der Waals surface area contributed by atoms with Crippen molar-refractivity contribution in [1.29, 1.82) is 5.26 Å². The van der Waals surface area contributed by atoms with Crippen LogP contribution in [0.2, 0.25) is 0 Å². The van der Waals surface area contributed by atoms with E-state index in [-0.39, 0.29) is 5.57 Å². The lowest BCUT2D eigenvalue weighted by Gasteiger charge is -2.05. The van der Waals surface area contributed by atoms with Crippen molar-refractivity contribution in [2.45, 2.75) is 10.7 Å². The van der Waals surface area contributed by atoms with E-state index in [1.54, 1.807) is 6.07 Å². The van der Waals surface area contributed by atoms with Crippen LogP contribution in [0.3, 0.4) is 0 Å². The molecule has 112 valence electrons. The van der Waals surface area contributed by atoms with Crippen LogP contribution in [0.15, 0.2) is 52.2 Å². The Morgan fingerprint density at radius 1 is 1.32 bits per heavy atom. The van der Waals surface area contributed by atoms with Gasteiger partial charge in [-0.3, -0.25) is 4.79 Å². The third kappa shape index (κ3) is 4.69. The second-order valence-electron chi connectivity index (χ2n) is 4.04. The van der Waals surface area contributed by atoms with Crippen molar-refractivity contribution < 1.29 is 13.6 Å². The van der Waals surface area contributed by atoms with Crippen LogP contribution in [0.4, 0.5) is 14.5 Å². The lowest BCUT2D eigenvalue weighted by Crippen LogP contribution is -2.13. The van der Waals surface area contributed by atoms with Crippen LogP contribution in [0.5, 0.6) is 0 Å². The number of alkyl halides is 2. The zero-order valence-electron chi connectivity index (χ0n) is 11.1. The second-order valence-corrected chi connectivity index (χ2v) is 6.08. The number of rotatable bonds is 5. The summed E-state index contributed by atoms with van der Waals surface area (Å²) in [5, 5.41) is 13.5. The molecule has 0 fully saturated rings. The van der Waals surface area contributed by atoms with E-state index in [1.165, 1.54) is 41.7 Å². The maximum Gasteiger partial charge on any atom is 0.288 e. The van der Waals surface area contributed by atoms with Crippen molar-refractivity contribution in [2.75, 3.05) is 5.32 Å². The fourth-order valence-electron chi connectivity index (χ4n) is 1.58. The fourth-order valence-corrected chi connectivity index (χ4v) is 2.74. The Morgan fingerprint density at radius 3 is 2.59 bits per heavy atom. The van der Waals surface area contributed by atoms with Crippen molar-refractivity contribution in [1.82, 2.24) is 0 Å². The zero-order chi connectivity index (χ0) is 15.9. The molecule has 1 N–H and O–H groups in total. The van der Waals surface area contributed by atoms with Crippen LogP contribution >= 0.6 is 23.1 Å². The molecule has 7 heteroatoms. The van der Waals surface area contributed by atoms with Gasteiger partial charge in [-0.05, 0) is 41.8 Å². The molecule has 0 aliphatic heterocycles. The number of thiophene rings is 1. The summed E-state index contributed by atoms with van der Waals surface area (Å²) in [4.78, 5) is 13.2. The number of nitrogens with zero attached hydrogens (tertiary/aromatic N) is 1. The lowest BCUT2D eigenvalue weighted by atomic mass is 10.2. The average Bonchev–Trinajstić information content (AvgIpc) is 2.99. The first-order valence-corrected chi connectivity index (χ1v) is 7.86. The molecule has 2 aromatic rings. The molecule has 0 saturated heterocycles. The SMILES string of the molecule is N#C/C(=C/c1cccs1)C(=O)Nc1ccc(SC(F)F)cc1. The Hall–Kier alpha value is -2.17. The Bertz CT molecular complexity index is 704. The topological polar surface area (TPSA) is 52.9 Å². The van der Waals surface area contributed by atoms with Crippen molar-refractivity contribution >= 4 is 40.8 Å². The summed E-state index contributed by atoms with van der Waals surface area (Å²) in [6, 6.07) is 11.5. The minimum Gasteiger partial charge on any atom is -0.321 e. The Kier molecular flexibility index (Phi) is 5.69. The molecule has 1 amide bonds. The van der Waals surface area contributed by atoms with Crippen LogP contribution in [-0.2, 0) is 4.79 Å². The Balaban J connectivity index is 2.06. The Morgan fingerprint density at radius 2 is 2.05 bits per heavy atom. The summed E-state index contributed by atoms with van der Waals surface area (Å²) in [5.74, 6) is -3.02. The highest BCUT2D eigenvalue weighted by Gasteiger charge is 2.10. The highest BCUT2D eigenvalue weighted by atomic mass is 32.2. The number of hydrogen-bond donors (Lipinski definition) is 1. The summed E-state index contributed by atoms with van der Waals surface area (Å²) >= 11 is 1.85. The van der Waals surface area contributed by atoms with Crippen LogP contribution in [0.1, 0.15) is 4.88 Å². The molecular weight excluding hydrogens is 326 g/mol. The molecule has 22 heavy (non-hydrogen) atoms. The van der Waals surface area contributed by atoms with Gasteiger partial charge in [0.15, 0.2) is 0 Å². The number of nitrogens with one attached hydrogen (secondary N) is 1. The molecule has 0 aliphatic rings. The van der Waals surface area contributed by atoms with Crippen molar-refractivity contribution in [3.8, 4) is 6.07 Å². The molecule has 0 saturated carbocycles. The number of hydrogen-bond acceptors (Lipinski definition) is 4. The van der Waals surface area contributed by atoms with E-state index in [9.17, 15) is 13.6 Å². The summed E-state index contributed by atoms with van der Waals surface area (Å²) in [6.45, 7) is 0. The number of carbonyl (C=O) groups excluding carboxylic acids is 1. The number of benzene rings is 1. The van der Waals surface area contributed by atoms with Crippen molar-refractivity contribution in [2.24, 2.45) is 0 Å². The lowest BCUT2D eigenvalue weighted by molar-refractivity contribution is -0.112. The standard InChI is InChI=1S/C15H10F2N2OS2/c16-15(17)22-12-5-3-11(4-6-12)19-14(20)10(9-18)8-13-2-1-7-21-13/h1-8,15H,(H,19,20)/b10-8-. The van der Waals surface area contributed by atoms with E-state index < -0.39 is 11.7 Å². The van der Waals surface area contributed by atoms with Crippen molar-refractivity contribution in [3.05, 3.63) is 52.2 Å². The molecule has 3 nitrogen and oxygen atoms in total. The molecule has 0 aliphatic carbocycles. The third-order valence-electron chi connectivity index (χ3n) is 2.53. The molecule has 0 unspecified atom stereocenters. The third-order valence-corrected chi connectivity index (χ3v) is 4.07. The van der Waals surface area contributed by atoms with Crippen LogP contribution in [-0.4, -0.2) is 11.7 Å². The molecule has 0 bridgehead atoms. The van der Waals surface area contributed by atoms with Gasteiger partial charge in [0.25, 0.3) is 11.7 Å². The highest BCUT2D eigenvalue weighted by Crippen LogP contribution is 2.26. The molecule has 1 heterocycles. The van der Waals surface area contributed by atoms with E-state index in [1.807, 2.05) is 17.5 Å². The smallest absolute Gasteiger partial charge is 0.288 e. The number of nitriles is 1. The number of thioether (sulfide) groups is 1. The van der Waals surface area contributed by atoms with Gasteiger partial charge in [-0.15, -0.1) is 11.3 Å². The largest absolute Gasteiger partial charge is 0.321 e. The molecular formula is C15H10F2N2OS2. The monoisotopic (exact) mass is 336 g/mol. The zero-order valence-corrected chi connectivity index (χ0v) is 12.8. The Labute approximate surface area is 134 Å². The molecule has 1 aromatic carbocycles. The second kappa shape index (κ2) is 7.73. The van der Waals surface area contributed by atoms with Gasteiger partial charge in [-0.25, -0.2) is 0 Å². The van der Waals surface area contributed by atoms with E-state index in [0.717, 1.165) is 4.88 Å². The summed E-state index contributed by atoms with van der Waals surface area (Å²) in [6.07, 6.45) is 1.50. The normalized spacial score (nSPS) is 11.3. The van der Waals surface area contributed by atoms with Crippen LogP contribution in [0.25, 0.3) is 6.08 Å². The van der Waals surface area contributed by atoms with Gasteiger partial charge in [0.05, 0.1) is 0 Å². The summed E-state index contributed by atoms with van der Waals surface area (Å²) < 4.78 is 24.4. The highest BCUT2D eigenvalue weighted by molar-refractivity contribution is 7.99. The molecule has 0 spiro atoms. The first-order chi connectivity index (χ1) is 10.6. The first kappa shape index (κ1) is 16.2. The van der Waals surface area contributed by atoms with E-state index in [0.29, 0.717) is 22.3 Å². The van der Waals surface area contributed by atoms with Gasteiger partial charge in [-0.2, -0.15) is 14.0 Å². The van der Waals surface area contributed by atoms with Gasteiger partial charge in [0.1, 0.15) is 11.6 Å². The predicted molar refractivity (Wildman–Crippen MR) is 84.8 cm³/mol. The maximum absolute atomic E-state index is 12.2. The maximum atomic E-state index is 12.2. The van der Waals surface area contributed by atoms with E-state index in [4.69, 9.17) is 5.26 Å². The average molecular weight is 336 g/mol. The van der Waals surface area contributed by atoms with Gasteiger partial charge < -0.3 is 5.32 Å². The fraction of sp³-hybridized carbons (Fsp3) is 0.0667. The number of amides is 1. The summed E-state index contributed by atoms with van der Waals surface area (Å²) in [5.41, 5.74) is 0.421. The minimum atomic E-state index is -2.49.